The molecule has 30 heavy (non-hydrogen) atoms. The van der Waals surface area contributed by atoms with Gasteiger partial charge in [-0.25, -0.2) is 0 Å². The predicted octanol–water partition coefficient (Wildman–Crippen LogP) is 3.63. The van der Waals surface area contributed by atoms with Crippen LogP contribution >= 0.6 is 0 Å². The van der Waals surface area contributed by atoms with Crippen molar-refractivity contribution in [2.45, 2.75) is 88.6 Å². The Labute approximate surface area is 176 Å². The van der Waals surface area contributed by atoms with Crippen molar-refractivity contribution in [2.75, 3.05) is 0 Å². The summed E-state index contributed by atoms with van der Waals surface area (Å²) in [6, 6.07) is 4.12. The highest BCUT2D eigenvalue weighted by atomic mass is 16.5. The zero-order chi connectivity index (χ0) is 20.3. The van der Waals surface area contributed by atoms with Gasteiger partial charge in [0.2, 0.25) is 5.88 Å². The van der Waals surface area contributed by atoms with E-state index >= 15 is 0 Å². The molecular formula is C24H28N2O4. The van der Waals surface area contributed by atoms with E-state index in [0.29, 0.717) is 18.2 Å². The van der Waals surface area contributed by atoms with Crippen LogP contribution in [0.2, 0.25) is 0 Å². The molecule has 2 atom stereocenters. The van der Waals surface area contributed by atoms with Crippen LogP contribution in [-0.2, 0) is 30.6 Å². The number of rotatable bonds is 3. The van der Waals surface area contributed by atoms with E-state index in [0.717, 1.165) is 92.2 Å². The van der Waals surface area contributed by atoms with Crippen molar-refractivity contribution in [2.24, 2.45) is 0 Å². The fourth-order valence-corrected chi connectivity index (χ4v) is 5.39. The van der Waals surface area contributed by atoms with Crippen molar-refractivity contribution in [3.05, 3.63) is 34.4 Å². The van der Waals surface area contributed by atoms with Crippen LogP contribution < -0.4 is 4.74 Å². The lowest BCUT2D eigenvalue weighted by Gasteiger charge is -2.31. The van der Waals surface area contributed by atoms with Gasteiger partial charge in [-0.15, -0.1) is 10.2 Å². The summed E-state index contributed by atoms with van der Waals surface area (Å²) in [5, 5.41) is 30.3. The Kier molecular flexibility index (Phi) is 4.29. The van der Waals surface area contributed by atoms with Gasteiger partial charge >= 0.3 is 0 Å². The van der Waals surface area contributed by atoms with Crippen molar-refractivity contribution in [1.29, 1.82) is 0 Å². The molecule has 2 fully saturated rings. The van der Waals surface area contributed by atoms with Gasteiger partial charge in [0.25, 0.3) is 0 Å². The zero-order valence-electron chi connectivity index (χ0n) is 17.2. The van der Waals surface area contributed by atoms with Crippen LogP contribution in [0.5, 0.6) is 11.6 Å². The number of phenolic OH excluding ortho intramolecular Hbond substituents is 1. The molecule has 2 aromatic rings. The maximum atomic E-state index is 11.0. The highest BCUT2D eigenvalue weighted by Gasteiger charge is 2.48. The second kappa shape index (κ2) is 6.92. The molecule has 6 rings (SSSR count). The largest absolute Gasteiger partial charge is 0.507 e. The molecule has 6 nitrogen and oxygen atoms in total. The summed E-state index contributed by atoms with van der Waals surface area (Å²) in [7, 11) is 0. The monoisotopic (exact) mass is 408 g/mol. The standard InChI is InChI=1S/C24H28N2O4/c27-19-6-1-2-7-20(19)30-23-18-13-29-24(10-11-24)12-17(18)21(25-26-23)16-9-8-14-4-3-5-15(14)22(16)28/h8-9,19-20,27-28H,1-7,10-13H2/t19-,20-/m1/s1. The molecule has 1 aliphatic heterocycles. The third kappa shape index (κ3) is 3.00. The second-order valence-electron chi connectivity index (χ2n) is 9.42. The summed E-state index contributed by atoms with van der Waals surface area (Å²) < 4.78 is 12.4. The first-order valence-corrected chi connectivity index (χ1v) is 11.3. The molecule has 2 N–H and O–H groups in total. The van der Waals surface area contributed by atoms with Crippen molar-refractivity contribution >= 4 is 0 Å². The van der Waals surface area contributed by atoms with Gasteiger partial charge in [-0.3, -0.25) is 0 Å². The highest BCUT2D eigenvalue weighted by molar-refractivity contribution is 5.74. The van der Waals surface area contributed by atoms with E-state index in [9.17, 15) is 10.2 Å². The summed E-state index contributed by atoms with van der Waals surface area (Å²) in [5.41, 5.74) is 5.74. The number of hydrogen-bond acceptors (Lipinski definition) is 6. The lowest BCUT2D eigenvalue weighted by Crippen LogP contribution is -2.36. The van der Waals surface area contributed by atoms with Gasteiger partial charge < -0.3 is 19.7 Å². The Morgan fingerprint density at radius 3 is 2.70 bits per heavy atom. The Hall–Kier alpha value is -2.18. The lowest BCUT2D eigenvalue weighted by molar-refractivity contribution is -0.00912. The number of aromatic nitrogens is 2. The van der Waals surface area contributed by atoms with Gasteiger partial charge in [-0.2, -0.15) is 0 Å². The normalized spacial score (nSPS) is 26.3. The maximum Gasteiger partial charge on any atom is 0.239 e. The first kappa shape index (κ1) is 18.6. The average molecular weight is 408 g/mol. The average Bonchev–Trinajstić information content (AvgIpc) is 3.31. The minimum atomic E-state index is -0.462. The first-order chi connectivity index (χ1) is 14.6. The van der Waals surface area contributed by atoms with E-state index in [2.05, 4.69) is 16.3 Å². The Morgan fingerprint density at radius 1 is 1.00 bits per heavy atom. The van der Waals surface area contributed by atoms with E-state index in [1.165, 1.54) is 5.56 Å². The Morgan fingerprint density at radius 2 is 1.87 bits per heavy atom. The number of hydrogen-bond donors (Lipinski definition) is 2. The summed E-state index contributed by atoms with van der Waals surface area (Å²) in [6.45, 7) is 0.446. The van der Waals surface area contributed by atoms with Crippen LogP contribution in [0, 0.1) is 0 Å². The summed E-state index contributed by atoms with van der Waals surface area (Å²) in [5.74, 6) is 0.838. The molecule has 0 saturated heterocycles. The van der Waals surface area contributed by atoms with E-state index < -0.39 is 6.10 Å². The molecule has 2 heterocycles. The molecule has 158 valence electrons. The number of aryl methyl sites for hydroxylation is 1. The van der Waals surface area contributed by atoms with Crippen LogP contribution in [0.1, 0.15) is 67.2 Å². The minimum Gasteiger partial charge on any atom is -0.507 e. The molecule has 0 unspecified atom stereocenters. The van der Waals surface area contributed by atoms with Crippen LogP contribution in [-0.4, -0.2) is 38.2 Å². The van der Waals surface area contributed by atoms with Gasteiger partial charge in [0.1, 0.15) is 17.5 Å². The fourth-order valence-electron chi connectivity index (χ4n) is 5.39. The quantitative estimate of drug-likeness (QED) is 0.807. The summed E-state index contributed by atoms with van der Waals surface area (Å²) in [4.78, 5) is 0. The molecule has 6 heteroatoms. The second-order valence-corrected chi connectivity index (χ2v) is 9.42. The number of benzene rings is 1. The molecule has 0 radical (unpaired) electrons. The van der Waals surface area contributed by atoms with Gasteiger partial charge in [0.05, 0.1) is 18.3 Å². The number of aliphatic hydroxyl groups is 1. The van der Waals surface area contributed by atoms with Gasteiger partial charge in [-0.1, -0.05) is 12.5 Å². The molecule has 3 aliphatic carbocycles. The summed E-state index contributed by atoms with van der Waals surface area (Å²) in [6.07, 6.45) is 8.89. The van der Waals surface area contributed by atoms with Crippen molar-refractivity contribution in [3.8, 4) is 22.9 Å². The molecule has 1 aromatic heterocycles. The third-order valence-corrected chi connectivity index (χ3v) is 7.42. The number of ether oxygens (including phenoxy) is 2. The number of aromatic hydroxyl groups is 1. The van der Waals surface area contributed by atoms with Crippen LogP contribution in [0.25, 0.3) is 11.3 Å². The molecular weight excluding hydrogens is 380 g/mol. The molecule has 0 bridgehead atoms. The molecule has 0 amide bonds. The number of nitrogens with zero attached hydrogens (tertiary/aromatic N) is 2. The predicted molar refractivity (Wildman–Crippen MR) is 111 cm³/mol. The lowest BCUT2D eigenvalue weighted by atomic mass is 9.92. The molecule has 4 aliphatic rings. The van der Waals surface area contributed by atoms with Crippen molar-refractivity contribution in [1.82, 2.24) is 10.2 Å². The molecule has 1 aromatic carbocycles. The van der Waals surface area contributed by atoms with Gasteiger partial charge in [0.15, 0.2) is 0 Å². The van der Waals surface area contributed by atoms with E-state index in [1.807, 2.05) is 6.07 Å². The van der Waals surface area contributed by atoms with Crippen LogP contribution in [0.3, 0.4) is 0 Å². The van der Waals surface area contributed by atoms with E-state index in [-0.39, 0.29) is 11.7 Å². The van der Waals surface area contributed by atoms with E-state index in [1.54, 1.807) is 0 Å². The van der Waals surface area contributed by atoms with E-state index in [4.69, 9.17) is 9.47 Å². The third-order valence-electron chi connectivity index (χ3n) is 7.42. The Bertz CT molecular complexity index is 1000. The topological polar surface area (TPSA) is 84.7 Å². The minimum absolute atomic E-state index is 0.0846. The maximum absolute atomic E-state index is 11.0. The zero-order valence-corrected chi connectivity index (χ0v) is 17.2. The molecule has 1 spiro atoms. The smallest absolute Gasteiger partial charge is 0.239 e. The number of phenols is 1. The summed E-state index contributed by atoms with van der Waals surface area (Å²) >= 11 is 0. The SMILES string of the molecule is Oc1c(-c2nnc(O[C@@H]3CCCC[C@H]3O)c3c2CC2(CC2)OC3)ccc2c1CCC2. The van der Waals surface area contributed by atoms with Crippen molar-refractivity contribution < 1.29 is 19.7 Å². The fraction of sp³-hybridized carbons (Fsp3) is 0.583. The van der Waals surface area contributed by atoms with Crippen LogP contribution in [0.15, 0.2) is 12.1 Å². The van der Waals surface area contributed by atoms with Gasteiger partial charge in [-0.05, 0) is 74.1 Å². The Balaban J connectivity index is 1.43. The van der Waals surface area contributed by atoms with Crippen LogP contribution in [0.4, 0.5) is 0 Å². The number of fused-ring (bicyclic) bond motifs is 2. The first-order valence-electron chi connectivity index (χ1n) is 11.3. The molecule has 2 saturated carbocycles. The van der Waals surface area contributed by atoms with Gasteiger partial charge in [0, 0.05) is 17.5 Å². The highest BCUT2D eigenvalue weighted by Crippen LogP contribution is 2.50. The number of aliphatic hydroxyl groups excluding tert-OH is 1. The van der Waals surface area contributed by atoms with Crippen molar-refractivity contribution in [3.63, 3.8) is 0 Å².